The molecule has 0 aromatic heterocycles. The van der Waals surface area contributed by atoms with Gasteiger partial charge in [0.25, 0.3) is 5.91 Å². The number of hydrogen-bond acceptors (Lipinski definition) is 6. The molecule has 0 unspecified atom stereocenters. The van der Waals surface area contributed by atoms with Crippen LogP contribution in [0.15, 0.2) is 47.6 Å². The first-order chi connectivity index (χ1) is 12.7. The SMILES string of the molecule is CCOc1ccc(/C=N\NC(=O)COc2ccc(C#N)cc2)cc1OC. The van der Waals surface area contributed by atoms with Crippen molar-refractivity contribution < 1.29 is 19.0 Å². The fraction of sp³-hybridized carbons (Fsp3) is 0.211. The van der Waals surface area contributed by atoms with Gasteiger partial charge >= 0.3 is 0 Å². The lowest BCUT2D eigenvalue weighted by Crippen LogP contribution is -2.24. The summed E-state index contributed by atoms with van der Waals surface area (Å²) in [5.41, 5.74) is 3.66. The molecule has 26 heavy (non-hydrogen) atoms. The number of nitriles is 1. The number of carbonyl (C=O) groups excluding carboxylic acids is 1. The third-order valence-corrected chi connectivity index (χ3v) is 3.24. The number of nitrogens with one attached hydrogen (secondary N) is 1. The molecule has 0 saturated carbocycles. The molecule has 0 spiro atoms. The van der Waals surface area contributed by atoms with E-state index >= 15 is 0 Å². The van der Waals surface area contributed by atoms with E-state index in [9.17, 15) is 4.79 Å². The maximum absolute atomic E-state index is 11.7. The van der Waals surface area contributed by atoms with Crippen LogP contribution in [0.2, 0.25) is 0 Å². The maximum atomic E-state index is 11.7. The molecule has 0 heterocycles. The highest BCUT2D eigenvalue weighted by atomic mass is 16.5. The summed E-state index contributed by atoms with van der Waals surface area (Å²) < 4.78 is 16.0. The van der Waals surface area contributed by atoms with Gasteiger partial charge in [-0.2, -0.15) is 10.4 Å². The lowest BCUT2D eigenvalue weighted by molar-refractivity contribution is -0.123. The highest BCUT2D eigenvalue weighted by molar-refractivity contribution is 5.83. The fourth-order valence-corrected chi connectivity index (χ4v) is 2.02. The summed E-state index contributed by atoms with van der Waals surface area (Å²) in [6, 6.07) is 13.8. The van der Waals surface area contributed by atoms with Crippen molar-refractivity contribution in [3.63, 3.8) is 0 Å². The van der Waals surface area contributed by atoms with E-state index in [1.165, 1.54) is 6.21 Å². The van der Waals surface area contributed by atoms with E-state index in [1.807, 2.05) is 13.0 Å². The Morgan fingerprint density at radius 1 is 1.19 bits per heavy atom. The number of methoxy groups -OCH3 is 1. The third kappa shape index (κ3) is 5.53. The van der Waals surface area contributed by atoms with Crippen molar-refractivity contribution in [1.29, 1.82) is 5.26 Å². The zero-order valence-electron chi connectivity index (χ0n) is 14.6. The number of rotatable bonds is 8. The van der Waals surface area contributed by atoms with Crippen LogP contribution in [-0.2, 0) is 4.79 Å². The molecule has 0 aliphatic rings. The summed E-state index contributed by atoms with van der Waals surface area (Å²) in [4.78, 5) is 11.7. The van der Waals surface area contributed by atoms with Gasteiger partial charge in [0.05, 0.1) is 31.6 Å². The summed E-state index contributed by atoms with van der Waals surface area (Å²) in [5.74, 6) is 1.33. The van der Waals surface area contributed by atoms with Crippen molar-refractivity contribution in [1.82, 2.24) is 5.43 Å². The van der Waals surface area contributed by atoms with Gasteiger partial charge in [-0.15, -0.1) is 0 Å². The number of benzene rings is 2. The average molecular weight is 353 g/mol. The van der Waals surface area contributed by atoms with Gasteiger partial charge in [-0.3, -0.25) is 4.79 Å². The van der Waals surface area contributed by atoms with E-state index in [4.69, 9.17) is 19.5 Å². The lowest BCUT2D eigenvalue weighted by Gasteiger charge is -2.09. The molecule has 0 aliphatic heterocycles. The van der Waals surface area contributed by atoms with Gasteiger partial charge in [-0.05, 0) is 55.0 Å². The van der Waals surface area contributed by atoms with Crippen LogP contribution in [0.4, 0.5) is 0 Å². The standard InChI is InChI=1S/C19H19N3O4/c1-3-25-17-9-6-15(10-18(17)24-2)12-21-22-19(23)13-26-16-7-4-14(11-20)5-8-16/h4-10,12H,3,13H2,1-2H3,(H,22,23)/b21-12-. The normalized spacial score (nSPS) is 10.2. The van der Waals surface area contributed by atoms with Gasteiger partial charge in [0, 0.05) is 0 Å². The molecule has 0 atom stereocenters. The zero-order valence-corrected chi connectivity index (χ0v) is 14.6. The van der Waals surface area contributed by atoms with Crippen LogP contribution >= 0.6 is 0 Å². The molecule has 2 aromatic rings. The molecule has 7 nitrogen and oxygen atoms in total. The van der Waals surface area contributed by atoms with Crippen LogP contribution in [-0.4, -0.2) is 32.4 Å². The van der Waals surface area contributed by atoms with Crippen molar-refractivity contribution in [2.45, 2.75) is 6.92 Å². The van der Waals surface area contributed by atoms with E-state index < -0.39 is 5.91 Å². The van der Waals surface area contributed by atoms with Crippen molar-refractivity contribution in [3.8, 4) is 23.3 Å². The van der Waals surface area contributed by atoms with E-state index in [2.05, 4.69) is 10.5 Å². The molecular formula is C19H19N3O4. The molecule has 0 fully saturated rings. The highest BCUT2D eigenvalue weighted by Gasteiger charge is 2.05. The smallest absolute Gasteiger partial charge is 0.277 e. The first-order valence-corrected chi connectivity index (χ1v) is 7.92. The zero-order chi connectivity index (χ0) is 18.8. The number of hydrogen-bond donors (Lipinski definition) is 1. The van der Waals surface area contributed by atoms with Crippen LogP contribution in [0.3, 0.4) is 0 Å². The predicted molar refractivity (Wildman–Crippen MR) is 96.6 cm³/mol. The Balaban J connectivity index is 1.85. The van der Waals surface area contributed by atoms with Crippen LogP contribution in [0.5, 0.6) is 17.2 Å². The molecule has 134 valence electrons. The van der Waals surface area contributed by atoms with Gasteiger partial charge in [0.1, 0.15) is 5.75 Å². The Bertz CT molecular complexity index is 811. The Morgan fingerprint density at radius 2 is 1.96 bits per heavy atom. The monoisotopic (exact) mass is 353 g/mol. The van der Waals surface area contributed by atoms with Crippen LogP contribution in [0.1, 0.15) is 18.1 Å². The van der Waals surface area contributed by atoms with Crippen molar-refractivity contribution >= 4 is 12.1 Å². The third-order valence-electron chi connectivity index (χ3n) is 3.24. The largest absolute Gasteiger partial charge is 0.493 e. The minimum Gasteiger partial charge on any atom is -0.493 e. The Labute approximate surface area is 151 Å². The van der Waals surface area contributed by atoms with E-state index in [0.717, 1.165) is 5.56 Å². The molecule has 0 bridgehead atoms. The Hall–Kier alpha value is -3.53. The summed E-state index contributed by atoms with van der Waals surface area (Å²) >= 11 is 0. The van der Waals surface area contributed by atoms with E-state index in [0.29, 0.717) is 29.4 Å². The molecule has 1 N–H and O–H groups in total. The molecule has 0 radical (unpaired) electrons. The van der Waals surface area contributed by atoms with Crippen molar-refractivity contribution in [3.05, 3.63) is 53.6 Å². The summed E-state index contributed by atoms with van der Waals surface area (Å²) in [5, 5.41) is 12.6. The lowest BCUT2D eigenvalue weighted by atomic mass is 10.2. The first-order valence-electron chi connectivity index (χ1n) is 7.92. The number of carbonyl (C=O) groups is 1. The van der Waals surface area contributed by atoms with Gasteiger partial charge in [-0.25, -0.2) is 5.43 Å². The quantitative estimate of drug-likeness (QED) is 0.581. The van der Waals surface area contributed by atoms with E-state index in [-0.39, 0.29) is 6.61 Å². The Kier molecular flexibility index (Phi) is 7.01. The number of hydrazone groups is 1. The summed E-state index contributed by atoms with van der Waals surface area (Å²) in [6.45, 7) is 2.25. The molecular weight excluding hydrogens is 334 g/mol. The minimum atomic E-state index is -0.400. The second-order valence-corrected chi connectivity index (χ2v) is 5.06. The minimum absolute atomic E-state index is 0.185. The molecule has 2 rings (SSSR count). The van der Waals surface area contributed by atoms with Crippen molar-refractivity contribution in [2.75, 3.05) is 20.3 Å². The molecule has 0 aliphatic carbocycles. The summed E-state index contributed by atoms with van der Waals surface area (Å²) in [6.07, 6.45) is 1.50. The fourth-order valence-electron chi connectivity index (χ4n) is 2.02. The van der Waals surface area contributed by atoms with Gasteiger partial charge in [0.15, 0.2) is 18.1 Å². The van der Waals surface area contributed by atoms with Gasteiger partial charge in [-0.1, -0.05) is 0 Å². The second-order valence-electron chi connectivity index (χ2n) is 5.06. The number of ether oxygens (including phenoxy) is 3. The maximum Gasteiger partial charge on any atom is 0.277 e. The highest BCUT2D eigenvalue weighted by Crippen LogP contribution is 2.27. The number of nitrogens with zero attached hydrogens (tertiary/aromatic N) is 2. The Morgan fingerprint density at radius 3 is 2.62 bits per heavy atom. The molecule has 7 heteroatoms. The van der Waals surface area contributed by atoms with Crippen molar-refractivity contribution in [2.24, 2.45) is 5.10 Å². The topological polar surface area (TPSA) is 92.9 Å². The van der Waals surface area contributed by atoms with Gasteiger partial charge in [0.2, 0.25) is 0 Å². The van der Waals surface area contributed by atoms with Crippen LogP contribution in [0, 0.1) is 11.3 Å². The second kappa shape index (κ2) is 9.69. The predicted octanol–water partition coefficient (Wildman–Crippen LogP) is 2.49. The summed E-state index contributed by atoms with van der Waals surface area (Å²) in [7, 11) is 1.56. The van der Waals surface area contributed by atoms with Gasteiger partial charge < -0.3 is 14.2 Å². The van der Waals surface area contributed by atoms with E-state index in [1.54, 1.807) is 49.6 Å². The van der Waals surface area contributed by atoms with Crippen LogP contribution in [0.25, 0.3) is 0 Å². The number of amides is 1. The molecule has 1 amide bonds. The molecule has 2 aromatic carbocycles. The molecule has 0 saturated heterocycles. The first kappa shape index (κ1) is 18.8. The van der Waals surface area contributed by atoms with Crippen LogP contribution < -0.4 is 19.6 Å². The average Bonchev–Trinajstić information content (AvgIpc) is 2.68.